The summed E-state index contributed by atoms with van der Waals surface area (Å²) < 4.78 is 35.7. The fourth-order valence-electron chi connectivity index (χ4n) is 2.51. The maximum Gasteiger partial charge on any atom is 0.374 e. The molecule has 1 aliphatic rings. The van der Waals surface area contributed by atoms with Crippen LogP contribution in [0.5, 0.6) is 0 Å². The van der Waals surface area contributed by atoms with Crippen LogP contribution in [0.1, 0.15) is 35.0 Å². The van der Waals surface area contributed by atoms with Gasteiger partial charge in [0.15, 0.2) is 0 Å². The van der Waals surface area contributed by atoms with E-state index in [1.165, 1.54) is 28.8 Å². The van der Waals surface area contributed by atoms with Crippen LogP contribution in [0.2, 0.25) is 0 Å². The number of carboxylic acid groups (broad SMARTS) is 1. The van der Waals surface area contributed by atoms with Crippen molar-refractivity contribution >= 4 is 16.0 Å². The van der Waals surface area contributed by atoms with Gasteiger partial charge in [-0.05, 0) is 25.0 Å². The summed E-state index contributed by atoms with van der Waals surface area (Å²) in [5.41, 5.74) is 0.549. The lowest BCUT2D eigenvalue weighted by molar-refractivity contribution is 0.0651. The van der Waals surface area contributed by atoms with Crippen LogP contribution < -0.4 is 0 Å². The van der Waals surface area contributed by atoms with Gasteiger partial charge in [0.1, 0.15) is 0 Å². The van der Waals surface area contributed by atoms with Crippen molar-refractivity contribution in [3.63, 3.8) is 0 Å². The molecule has 2 aromatic heterocycles. The molecular weight excluding hydrogens is 312 g/mol. The molecule has 0 saturated carbocycles. The third kappa shape index (κ3) is 2.64. The van der Waals surface area contributed by atoms with Crippen LogP contribution in [0.4, 0.5) is 0 Å². The molecule has 1 aliphatic heterocycles. The van der Waals surface area contributed by atoms with Crippen molar-refractivity contribution in [1.29, 1.82) is 0 Å². The Morgan fingerprint density at radius 1 is 1.36 bits per heavy atom. The third-order valence-electron chi connectivity index (χ3n) is 3.70. The van der Waals surface area contributed by atoms with E-state index < -0.39 is 16.0 Å². The van der Waals surface area contributed by atoms with Gasteiger partial charge in [0.2, 0.25) is 10.9 Å². The Bertz CT molecular complexity index is 756. The third-order valence-corrected chi connectivity index (χ3v) is 5.49. The fourth-order valence-corrected chi connectivity index (χ4v) is 3.89. The summed E-state index contributed by atoms with van der Waals surface area (Å²) in [6.45, 7) is 0.645. The number of rotatable bonds is 4. The minimum atomic E-state index is -3.60. The first-order valence-electron chi connectivity index (χ1n) is 6.72. The second kappa shape index (κ2) is 5.58. The molecule has 1 fully saturated rings. The Morgan fingerprint density at radius 3 is 2.64 bits per heavy atom. The molecule has 2 aromatic rings. The van der Waals surface area contributed by atoms with Crippen LogP contribution >= 0.6 is 0 Å². The topological polar surface area (TPSA) is 114 Å². The lowest BCUT2D eigenvalue weighted by atomic mass is 9.94. The number of hydrogen-bond acceptors (Lipinski definition) is 6. The molecule has 118 valence electrons. The van der Waals surface area contributed by atoms with Gasteiger partial charge >= 0.3 is 5.97 Å². The first-order chi connectivity index (χ1) is 10.5. The van der Waals surface area contributed by atoms with E-state index in [2.05, 4.69) is 5.16 Å². The normalized spacial score (nSPS) is 17.6. The van der Waals surface area contributed by atoms with Crippen LogP contribution in [0.15, 0.2) is 38.5 Å². The van der Waals surface area contributed by atoms with Gasteiger partial charge in [-0.2, -0.15) is 4.31 Å². The van der Waals surface area contributed by atoms with Gasteiger partial charge in [0, 0.05) is 25.1 Å². The number of aromatic nitrogens is 1. The molecule has 0 aromatic carbocycles. The van der Waals surface area contributed by atoms with E-state index in [0.29, 0.717) is 31.6 Å². The quantitative estimate of drug-likeness (QED) is 0.906. The van der Waals surface area contributed by atoms with Crippen LogP contribution in [-0.2, 0) is 10.0 Å². The Morgan fingerprint density at radius 2 is 2.09 bits per heavy atom. The molecule has 0 atom stereocenters. The molecule has 8 nitrogen and oxygen atoms in total. The SMILES string of the molecule is O=C(O)c1cc(C2CCN(S(=O)(=O)c3ccco3)CC2)no1. The van der Waals surface area contributed by atoms with E-state index >= 15 is 0 Å². The first-order valence-corrected chi connectivity index (χ1v) is 8.16. The predicted octanol–water partition coefficient (Wildman–Crippen LogP) is 1.53. The maximum absolute atomic E-state index is 12.3. The van der Waals surface area contributed by atoms with Crippen molar-refractivity contribution in [1.82, 2.24) is 9.46 Å². The van der Waals surface area contributed by atoms with E-state index in [0.717, 1.165) is 0 Å². The van der Waals surface area contributed by atoms with Crippen LogP contribution in [0, 0.1) is 0 Å². The zero-order valence-electron chi connectivity index (χ0n) is 11.5. The number of carbonyl (C=O) groups is 1. The molecule has 0 radical (unpaired) electrons. The van der Waals surface area contributed by atoms with E-state index in [4.69, 9.17) is 14.0 Å². The van der Waals surface area contributed by atoms with Gasteiger partial charge in [-0.3, -0.25) is 0 Å². The lowest BCUT2D eigenvalue weighted by Crippen LogP contribution is -2.37. The minimum absolute atomic E-state index is 0.0140. The summed E-state index contributed by atoms with van der Waals surface area (Å²) in [6.07, 6.45) is 2.42. The van der Waals surface area contributed by atoms with Gasteiger partial charge < -0.3 is 14.0 Å². The molecule has 0 amide bonds. The largest absolute Gasteiger partial charge is 0.475 e. The van der Waals surface area contributed by atoms with E-state index in [9.17, 15) is 13.2 Å². The number of furan rings is 1. The monoisotopic (exact) mass is 326 g/mol. The van der Waals surface area contributed by atoms with Gasteiger partial charge in [-0.1, -0.05) is 5.16 Å². The standard InChI is InChI=1S/C13H14N2O6S/c16-13(17)11-8-10(14-21-11)9-3-5-15(6-4-9)22(18,19)12-2-1-7-20-12/h1-2,7-9H,3-6H2,(H,16,17). The summed E-state index contributed by atoms with van der Waals surface area (Å²) >= 11 is 0. The molecule has 0 bridgehead atoms. The fraction of sp³-hybridized carbons (Fsp3) is 0.385. The smallest absolute Gasteiger partial charge is 0.374 e. The molecule has 22 heavy (non-hydrogen) atoms. The van der Waals surface area contributed by atoms with E-state index in [1.807, 2.05) is 0 Å². The van der Waals surface area contributed by atoms with E-state index in [-0.39, 0.29) is 16.8 Å². The minimum Gasteiger partial charge on any atom is -0.475 e. The number of sulfonamides is 1. The van der Waals surface area contributed by atoms with Crippen LogP contribution in [-0.4, -0.2) is 42.0 Å². The molecule has 3 heterocycles. The van der Waals surface area contributed by atoms with Crippen LogP contribution in [0.3, 0.4) is 0 Å². The summed E-state index contributed by atoms with van der Waals surface area (Å²) in [5, 5.41) is 12.5. The predicted molar refractivity (Wildman–Crippen MR) is 72.9 cm³/mol. The Hall–Kier alpha value is -2.13. The molecular formula is C13H14N2O6S. The molecule has 3 rings (SSSR count). The number of carboxylic acids is 1. The van der Waals surface area contributed by atoms with Gasteiger partial charge in [0.05, 0.1) is 12.0 Å². The van der Waals surface area contributed by atoms with Crippen molar-refractivity contribution in [2.45, 2.75) is 23.9 Å². The number of piperidine rings is 1. The zero-order valence-corrected chi connectivity index (χ0v) is 12.3. The Balaban J connectivity index is 1.68. The number of nitrogens with zero attached hydrogens (tertiary/aromatic N) is 2. The summed E-state index contributed by atoms with van der Waals surface area (Å²) in [7, 11) is -3.60. The number of aromatic carboxylic acids is 1. The molecule has 1 N–H and O–H groups in total. The first kappa shape index (κ1) is 14.8. The molecule has 9 heteroatoms. The lowest BCUT2D eigenvalue weighted by Gasteiger charge is -2.29. The summed E-state index contributed by atoms with van der Waals surface area (Å²) in [6, 6.07) is 4.34. The van der Waals surface area contributed by atoms with Crippen molar-refractivity contribution in [3.8, 4) is 0 Å². The average Bonchev–Trinajstić information content (AvgIpc) is 3.19. The Labute approximate surface area is 126 Å². The highest BCUT2D eigenvalue weighted by Gasteiger charge is 2.32. The van der Waals surface area contributed by atoms with Gasteiger partial charge in [-0.15, -0.1) is 0 Å². The molecule has 0 unspecified atom stereocenters. The number of hydrogen-bond donors (Lipinski definition) is 1. The molecule has 0 spiro atoms. The highest BCUT2D eigenvalue weighted by molar-refractivity contribution is 7.89. The van der Waals surface area contributed by atoms with Crippen molar-refractivity contribution in [2.24, 2.45) is 0 Å². The van der Waals surface area contributed by atoms with Crippen molar-refractivity contribution < 1.29 is 27.3 Å². The van der Waals surface area contributed by atoms with Gasteiger partial charge in [0.25, 0.3) is 10.0 Å². The average molecular weight is 326 g/mol. The molecule has 1 saturated heterocycles. The summed E-state index contributed by atoms with van der Waals surface area (Å²) in [5.74, 6) is -1.39. The second-order valence-corrected chi connectivity index (χ2v) is 6.90. The molecule has 0 aliphatic carbocycles. The van der Waals surface area contributed by atoms with Gasteiger partial charge in [-0.25, -0.2) is 13.2 Å². The summed E-state index contributed by atoms with van der Waals surface area (Å²) in [4.78, 5) is 10.8. The van der Waals surface area contributed by atoms with Crippen LogP contribution in [0.25, 0.3) is 0 Å². The van der Waals surface area contributed by atoms with E-state index in [1.54, 1.807) is 0 Å². The highest BCUT2D eigenvalue weighted by Crippen LogP contribution is 2.30. The maximum atomic E-state index is 12.3. The highest BCUT2D eigenvalue weighted by atomic mass is 32.2. The van der Waals surface area contributed by atoms with Crippen molar-refractivity contribution in [2.75, 3.05) is 13.1 Å². The Kier molecular flexibility index (Phi) is 3.75. The van der Waals surface area contributed by atoms with Crippen molar-refractivity contribution in [3.05, 3.63) is 35.9 Å². The zero-order chi connectivity index (χ0) is 15.7. The second-order valence-electron chi connectivity index (χ2n) is 5.03.